The van der Waals surface area contributed by atoms with Gasteiger partial charge < -0.3 is 16.0 Å². The zero-order valence-corrected chi connectivity index (χ0v) is 15.6. The molecule has 0 aliphatic rings. The number of benzene rings is 2. The molecule has 0 saturated heterocycles. The van der Waals surface area contributed by atoms with Gasteiger partial charge in [-0.3, -0.25) is 4.79 Å². The molecule has 0 heterocycles. The number of rotatable bonds is 6. The zero-order chi connectivity index (χ0) is 15.9. The van der Waals surface area contributed by atoms with Gasteiger partial charge in [0, 0.05) is 24.7 Å². The van der Waals surface area contributed by atoms with Gasteiger partial charge in [-0.05, 0) is 37.4 Å². The molecule has 24 heavy (non-hydrogen) atoms. The highest BCUT2D eigenvalue weighted by Crippen LogP contribution is 2.10. The maximum Gasteiger partial charge on any atom is 0.251 e. The fourth-order valence-electron chi connectivity index (χ4n) is 2.30. The topological polar surface area (TPSA) is 58.4 Å². The Morgan fingerprint density at radius 1 is 1.08 bits per heavy atom. The predicted octanol–water partition coefficient (Wildman–Crippen LogP) is 3.02. The largest absolute Gasteiger partial charge is 0.350 e. The van der Waals surface area contributed by atoms with Gasteiger partial charge in [0.15, 0.2) is 0 Å². The number of carbonyl (C=O) groups excluding carboxylic acids is 1. The fourth-order valence-corrected chi connectivity index (χ4v) is 2.30. The Labute approximate surface area is 156 Å². The maximum absolute atomic E-state index is 12.2. The summed E-state index contributed by atoms with van der Waals surface area (Å²) in [6.07, 6.45) is 0. The van der Waals surface area contributed by atoms with E-state index in [1.54, 1.807) is 0 Å². The number of carbonyl (C=O) groups is 1. The van der Waals surface area contributed by atoms with E-state index in [0.717, 1.165) is 17.7 Å². The monoisotopic (exact) mass is 369 g/mol. The van der Waals surface area contributed by atoms with Crippen LogP contribution in [0.25, 0.3) is 0 Å². The minimum Gasteiger partial charge on any atom is -0.350 e. The van der Waals surface area contributed by atoms with E-state index in [1.165, 1.54) is 0 Å². The highest BCUT2D eigenvalue weighted by atomic mass is 35.5. The number of hydrogen-bond acceptors (Lipinski definition) is 3. The van der Waals surface area contributed by atoms with Crippen molar-refractivity contribution in [1.29, 1.82) is 0 Å². The highest BCUT2D eigenvalue weighted by molar-refractivity contribution is 5.94. The van der Waals surface area contributed by atoms with Crippen molar-refractivity contribution in [3.63, 3.8) is 0 Å². The standard InChI is InChI=1S/C18H23N3O.2ClH/c1-21(2)13-14-7-6-10-16(11-14)18(22)20-12-17(19)15-8-4-3-5-9-15;;/h3-11,17H,12-13,19H2,1-2H3,(H,20,22);2*1H. The lowest BCUT2D eigenvalue weighted by molar-refractivity contribution is 0.0951. The van der Waals surface area contributed by atoms with Crippen LogP contribution in [-0.2, 0) is 6.54 Å². The first kappa shape index (κ1) is 22.4. The first-order chi connectivity index (χ1) is 10.6. The number of nitrogens with zero attached hydrogens (tertiary/aromatic N) is 1. The normalized spacial score (nSPS) is 11.2. The summed E-state index contributed by atoms with van der Waals surface area (Å²) >= 11 is 0. The van der Waals surface area contributed by atoms with Gasteiger partial charge in [-0.2, -0.15) is 0 Å². The molecule has 0 aliphatic carbocycles. The summed E-state index contributed by atoms with van der Waals surface area (Å²) in [5, 5.41) is 2.90. The molecule has 1 amide bonds. The molecule has 1 atom stereocenters. The lowest BCUT2D eigenvalue weighted by Crippen LogP contribution is -2.32. The molecule has 2 rings (SSSR count). The quantitative estimate of drug-likeness (QED) is 0.822. The van der Waals surface area contributed by atoms with E-state index < -0.39 is 0 Å². The van der Waals surface area contributed by atoms with Crippen LogP contribution in [0.15, 0.2) is 54.6 Å². The summed E-state index contributed by atoms with van der Waals surface area (Å²) in [4.78, 5) is 14.3. The number of halogens is 2. The highest BCUT2D eigenvalue weighted by Gasteiger charge is 2.10. The number of nitrogens with one attached hydrogen (secondary N) is 1. The van der Waals surface area contributed by atoms with Crippen LogP contribution in [0.5, 0.6) is 0 Å². The molecular weight excluding hydrogens is 345 g/mol. The van der Waals surface area contributed by atoms with E-state index in [9.17, 15) is 4.79 Å². The molecule has 0 radical (unpaired) electrons. The average Bonchev–Trinajstić information content (AvgIpc) is 2.52. The van der Waals surface area contributed by atoms with E-state index in [1.807, 2.05) is 68.7 Å². The third-order valence-electron chi connectivity index (χ3n) is 3.40. The summed E-state index contributed by atoms with van der Waals surface area (Å²) in [5.41, 5.74) is 8.90. The molecule has 1 unspecified atom stereocenters. The van der Waals surface area contributed by atoms with Crippen LogP contribution in [0.4, 0.5) is 0 Å². The van der Waals surface area contributed by atoms with Crippen molar-refractivity contribution in [3.8, 4) is 0 Å². The number of nitrogens with two attached hydrogens (primary N) is 1. The molecule has 0 aliphatic heterocycles. The molecule has 0 aromatic heterocycles. The van der Waals surface area contributed by atoms with Gasteiger partial charge in [0.05, 0.1) is 0 Å². The Bertz CT molecular complexity index is 621. The molecule has 0 fully saturated rings. The summed E-state index contributed by atoms with van der Waals surface area (Å²) in [7, 11) is 4.01. The van der Waals surface area contributed by atoms with Crippen LogP contribution in [0, 0.1) is 0 Å². The van der Waals surface area contributed by atoms with Gasteiger partial charge in [0.1, 0.15) is 0 Å². The van der Waals surface area contributed by atoms with Crippen LogP contribution in [-0.4, -0.2) is 31.4 Å². The van der Waals surface area contributed by atoms with Gasteiger partial charge in [0.25, 0.3) is 5.91 Å². The van der Waals surface area contributed by atoms with Gasteiger partial charge >= 0.3 is 0 Å². The molecule has 2 aromatic carbocycles. The lowest BCUT2D eigenvalue weighted by atomic mass is 10.1. The summed E-state index contributed by atoms with van der Waals surface area (Å²) in [5.74, 6) is -0.0908. The molecular formula is C18H25Cl2N3O. The van der Waals surface area contributed by atoms with E-state index in [-0.39, 0.29) is 36.8 Å². The van der Waals surface area contributed by atoms with Gasteiger partial charge in [-0.15, -0.1) is 24.8 Å². The molecule has 0 spiro atoms. The minimum absolute atomic E-state index is 0. The average molecular weight is 370 g/mol. The summed E-state index contributed by atoms with van der Waals surface area (Å²) in [6.45, 7) is 1.23. The third-order valence-corrected chi connectivity index (χ3v) is 3.40. The third kappa shape index (κ3) is 6.89. The zero-order valence-electron chi connectivity index (χ0n) is 13.9. The van der Waals surface area contributed by atoms with E-state index >= 15 is 0 Å². The Balaban J connectivity index is 0.00000264. The van der Waals surface area contributed by atoms with Gasteiger partial charge in [0.2, 0.25) is 0 Å². The van der Waals surface area contributed by atoms with Crippen molar-refractivity contribution >= 4 is 30.7 Å². The second-order valence-electron chi connectivity index (χ2n) is 5.67. The second-order valence-corrected chi connectivity index (χ2v) is 5.67. The van der Waals surface area contributed by atoms with Crippen molar-refractivity contribution < 1.29 is 4.79 Å². The van der Waals surface area contributed by atoms with Crippen LogP contribution in [0.3, 0.4) is 0 Å². The van der Waals surface area contributed by atoms with Gasteiger partial charge in [-0.25, -0.2) is 0 Å². The van der Waals surface area contributed by atoms with E-state index in [4.69, 9.17) is 5.73 Å². The molecule has 3 N–H and O–H groups in total. The summed E-state index contributed by atoms with van der Waals surface area (Å²) in [6, 6.07) is 17.2. The molecule has 132 valence electrons. The first-order valence-corrected chi connectivity index (χ1v) is 7.38. The van der Waals surface area contributed by atoms with Crippen molar-refractivity contribution in [2.45, 2.75) is 12.6 Å². The van der Waals surface area contributed by atoms with Crippen molar-refractivity contribution in [1.82, 2.24) is 10.2 Å². The van der Waals surface area contributed by atoms with Crippen molar-refractivity contribution in [3.05, 3.63) is 71.3 Å². The maximum atomic E-state index is 12.2. The molecule has 0 saturated carbocycles. The Kier molecular flexibility index (Phi) is 10.3. The number of hydrogen-bond donors (Lipinski definition) is 2. The Morgan fingerprint density at radius 2 is 1.75 bits per heavy atom. The minimum atomic E-state index is -0.199. The first-order valence-electron chi connectivity index (χ1n) is 7.38. The van der Waals surface area contributed by atoms with E-state index in [2.05, 4.69) is 10.2 Å². The Morgan fingerprint density at radius 3 is 2.38 bits per heavy atom. The Hall–Kier alpha value is -1.59. The van der Waals surface area contributed by atoms with Crippen molar-refractivity contribution in [2.75, 3.05) is 20.6 Å². The SMILES string of the molecule is CN(C)Cc1cccc(C(=O)NCC(N)c2ccccc2)c1.Cl.Cl. The molecule has 2 aromatic rings. The number of amides is 1. The van der Waals surface area contributed by atoms with Crippen LogP contribution < -0.4 is 11.1 Å². The lowest BCUT2D eigenvalue weighted by Gasteiger charge is -2.14. The predicted molar refractivity (Wildman–Crippen MR) is 104 cm³/mol. The molecule has 0 bridgehead atoms. The van der Waals surface area contributed by atoms with Crippen LogP contribution in [0.2, 0.25) is 0 Å². The summed E-state index contributed by atoms with van der Waals surface area (Å²) < 4.78 is 0. The second kappa shape index (κ2) is 11.0. The fraction of sp³-hybridized carbons (Fsp3) is 0.278. The van der Waals surface area contributed by atoms with Crippen LogP contribution >= 0.6 is 24.8 Å². The van der Waals surface area contributed by atoms with Crippen molar-refractivity contribution in [2.24, 2.45) is 5.73 Å². The molecule has 6 heteroatoms. The van der Waals surface area contributed by atoms with E-state index in [0.29, 0.717) is 12.1 Å². The van der Waals surface area contributed by atoms with Gasteiger partial charge in [-0.1, -0.05) is 42.5 Å². The molecule has 4 nitrogen and oxygen atoms in total. The van der Waals surface area contributed by atoms with Crippen LogP contribution in [0.1, 0.15) is 27.5 Å². The smallest absolute Gasteiger partial charge is 0.251 e.